The minimum atomic E-state index is -0.773. The van der Waals surface area contributed by atoms with E-state index < -0.39 is 5.97 Å². The number of anilines is 1. The highest BCUT2D eigenvalue weighted by molar-refractivity contribution is 7.99. The molecule has 1 aliphatic rings. The Kier molecular flexibility index (Phi) is 4.47. The molecule has 0 radical (unpaired) electrons. The van der Waals surface area contributed by atoms with Gasteiger partial charge in [0.05, 0.1) is 5.92 Å². The molecule has 1 saturated carbocycles. The van der Waals surface area contributed by atoms with Gasteiger partial charge in [0.25, 0.3) is 5.56 Å². The summed E-state index contributed by atoms with van der Waals surface area (Å²) in [5, 5.41) is 9.63. The molecule has 1 aromatic rings. The Bertz CT molecular complexity index is 517. The second kappa shape index (κ2) is 6.10. The minimum Gasteiger partial charge on any atom is -0.481 e. The quantitative estimate of drug-likeness (QED) is 0.572. The van der Waals surface area contributed by atoms with Crippen molar-refractivity contribution in [2.24, 2.45) is 5.92 Å². The first-order valence-electron chi connectivity index (χ1n) is 6.32. The van der Waals surface area contributed by atoms with Gasteiger partial charge in [-0.05, 0) is 12.8 Å². The lowest BCUT2D eigenvalue weighted by atomic mass is 10.0. The van der Waals surface area contributed by atoms with Gasteiger partial charge in [-0.2, -0.15) is 0 Å². The molecule has 0 amide bonds. The van der Waals surface area contributed by atoms with Crippen LogP contribution in [0.25, 0.3) is 0 Å². The van der Waals surface area contributed by atoms with Crippen molar-refractivity contribution in [3.05, 3.63) is 16.4 Å². The number of carboxylic acid groups (broad SMARTS) is 1. The van der Waals surface area contributed by atoms with E-state index in [0.717, 1.165) is 25.7 Å². The molecule has 0 aromatic carbocycles. The molecule has 1 heterocycles. The summed E-state index contributed by atoms with van der Waals surface area (Å²) >= 11 is 1.32. The standard InChI is InChI=1S/C12H17N3O3S/c13-9-6-10(16)15-12(14-9)19-8-5-3-1-2-4-7(8)11(17)18/h6-8H,1-5H2,(H,17,18)(H3,13,14,15,16). The van der Waals surface area contributed by atoms with Gasteiger partial charge in [0, 0.05) is 11.3 Å². The molecule has 2 rings (SSSR count). The van der Waals surface area contributed by atoms with E-state index in [1.165, 1.54) is 17.8 Å². The molecule has 1 aliphatic carbocycles. The fraction of sp³-hybridized carbons (Fsp3) is 0.583. The highest BCUT2D eigenvalue weighted by atomic mass is 32.2. The van der Waals surface area contributed by atoms with Crippen molar-refractivity contribution in [3.63, 3.8) is 0 Å². The fourth-order valence-corrected chi connectivity index (χ4v) is 3.66. The van der Waals surface area contributed by atoms with Crippen molar-refractivity contribution in [2.45, 2.75) is 42.5 Å². The van der Waals surface area contributed by atoms with E-state index in [1.807, 2.05) is 0 Å². The average Bonchev–Trinajstić information content (AvgIpc) is 2.53. The highest BCUT2D eigenvalue weighted by Crippen LogP contribution is 2.35. The van der Waals surface area contributed by atoms with Gasteiger partial charge in [-0.15, -0.1) is 0 Å². The van der Waals surface area contributed by atoms with Crippen LogP contribution in [-0.4, -0.2) is 26.3 Å². The molecule has 0 aliphatic heterocycles. The van der Waals surface area contributed by atoms with Crippen LogP contribution in [-0.2, 0) is 4.79 Å². The zero-order chi connectivity index (χ0) is 13.8. The van der Waals surface area contributed by atoms with Crippen LogP contribution in [0.2, 0.25) is 0 Å². The van der Waals surface area contributed by atoms with Gasteiger partial charge < -0.3 is 15.8 Å². The first-order chi connectivity index (χ1) is 9.06. The van der Waals surface area contributed by atoms with E-state index in [4.69, 9.17) is 5.73 Å². The lowest BCUT2D eigenvalue weighted by Crippen LogP contribution is -2.25. The minimum absolute atomic E-state index is 0.0649. The summed E-state index contributed by atoms with van der Waals surface area (Å²) in [5.41, 5.74) is 5.22. The number of nitrogen functional groups attached to an aromatic ring is 1. The van der Waals surface area contributed by atoms with Crippen molar-refractivity contribution in [1.82, 2.24) is 9.97 Å². The Hall–Kier alpha value is -1.50. The normalized spacial score (nSPS) is 23.8. The van der Waals surface area contributed by atoms with E-state index in [2.05, 4.69) is 9.97 Å². The zero-order valence-corrected chi connectivity index (χ0v) is 11.3. The summed E-state index contributed by atoms with van der Waals surface area (Å²) < 4.78 is 0. The number of nitrogens with two attached hydrogens (primary N) is 1. The third-order valence-electron chi connectivity index (χ3n) is 3.27. The Morgan fingerprint density at radius 3 is 2.84 bits per heavy atom. The molecule has 0 bridgehead atoms. The number of carbonyl (C=O) groups is 1. The van der Waals surface area contributed by atoms with Gasteiger partial charge in [-0.25, -0.2) is 4.98 Å². The van der Waals surface area contributed by atoms with E-state index in [9.17, 15) is 14.7 Å². The van der Waals surface area contributed by atoms with Crippen LogP contribution in [0.3, 0.4) is 0 Å². The number of hydrogen-bond donors (Lipinski definition) is 3. The number of carboxylic acids is 1. The van der Waals surface area contributed by atoms with Gasteiger partial charge >= 0.3 is 5.97 Å². The summed E-state index contributed by atoms with van der Waals surface area (Å²) in [5.74, 6) is -1.00. The van der Waals surface area contributed by atoms with Crippen LogP contribution in [0.5, 0.6) is 0 Å². The van der Waals surface area contributed by atoms with E-state index in [-0.39, 0.29) is 22.5 Å². The summed E-state index contributed by atoms with van der Waals surface area (Å²) in [4.78, 5) is 29.3. The Morgan fingerprint density at radius 1 is 1.42 bits per heavy atom. The molecule has 1 aromatic heterocycles. The number of nitrogens with zero attached hydrogens (tertiary/aromatic N) is 1. The summed E-state index contributed by atoms with van der Waals surface area (Å²) in [6, 6.07) is 1.21. The van der Waals surface area contributed by atoms with Crippen molar-refractivity contribution >= 4 is 23.5 Å². The molecular formula is C12H17N3O3S. The van der Waals surface area contributed by atoms with Crippen LogP contribution in [0.1, 0.15) is 32.1 Å². The first kappa shape index (κ1) is 13.9. The highest BCUT2D eigenvalue weighted by Gasteiger charge is 2.30. The predicted octanol–water partition coefficient (Wildman–Crippen LogP) is 1.48. The third kappa shape index (κ3) is 3.73. The number of nitrogens with one attached hydrogen (secondary N) is 1. The van der Waals surface area contributed by atoms with Gasteiger partial charge in [0.15, 0.2) is 5.16 Å². The Morgan fingerprint density at radius 2 is 2.16 bits per heavy atom. The smallest absolute Gasteiger partial charge is 0.307 e. The van der Waals surface area contributed by atoms with Crippen molar-refractivity contribution in [3.8, 4) is 0 Å². The molecule has 4 N–H and O–H groups in total. The number of aromatic amines is 1. The lowest BCUT2D eigenvalue weighted by Gasteiger charge is -2.20. The maximum absolute atomic E-state index is 11.3. The fourth-order valence-electron chi connectivity index (χ4n) is 2.35. The maximum Gasteiger partial charge on any atom is 0.307 e. The van der Waals surface area contributed by atoms with E-state index >= 15 is 0 Å². The second-order valence-electron chi connectivity index (χ2n) is 4.71. The number of H-pyrrole nitrogens is 1. The number of rotatable bonds is 3. The number of aromatic nitrogens is 2. The molecule has 104 valence electrons. The van der Waals surface area contributed by atoms with Gasteiger partial charge in [-0.3, -0.25) is 9.59 Å². The van der Waals surface area contributed by atoms with Gasteiger partial charge in [0.1, 0.15) is 5.82 Å². The molecule has 7 heteroatoms. The van der Waals surface area contributed by atoms with E-state index in [1.54, 1.807) is 0 Å². The zero-order valence-electron chi connectivity index (χ0n) is 10.5. The van der Waals surface area contributed by atoms with Gasteiger partial charge in [0.2, 0.25) is 0 Å². The molecular weight excluding hydrogens is 266 g/mol. The topological polar surface area (TPSA) is 109 Å². The van der Waals surface area contributed by atoms with Crippen LogP contribution >= 0.6 is 11.8 Å². The van der Waals surface area contributed by atoms with Gasteiger partial charge in [-0.1, -0.05) is 31.0 Å². The first-order valence-corrected chi connectivity index (χ1v) is 7.20. The molecule has 0 spiro atoms. The average molecular weight is 283 g/mol. The largest absolute Gasteiger partial charge is 0.481 e. The number of aliphatic carboxylic acids is 1. The van der Waals surface area contributed by atoms with Crippen molar-refractivity contribution in [1.29, 1.82) is 0 Å². The second-order valence-corrected chi connectivity index (χ2v) is 5.94. The number of thioether (sulfide) groups is 1. The SMILES string of the molecule is Nc1cc(=O)[nH]c(SC2CCCCCC2C(=O)O)n1. The summed E-state index contributed by atoms with van der Waals surface area (Å²) in [6.45, 7) is 0. The molecule has 1 fully saturated rings. The Balaban J connectivity index is 2.18. The lowest BCUT2D eigenvalue weighted by molar-refractivity contribution is -0.141. The van der Waals surface area contributed by atoms with Crippen LogP contribution in [0, 0.1) is 5.92 Å². The van der Waals surface area contributed by atoms with Crippen molar-refractivity contribution in [2.75, 3.05) is 5.73 Å². The van der Waals surface area contributed by atoms with Crippen LogP contribution in [0.4, 0.5) is 5.82 Å². The van der Waals surface area contributed by atoms with Crippen molar-refractivity contribution < 1.29 is 9.90 Å². The van der Waals surface area contributed by atoms with E-state index in [0.29, 0.717) is 11.6 Å². The van der Waals surface area contributed by atoms with Crippen LogP contribution < -0.4 is 11.3 Å². The van der Waals surface area contributed by atoms with Crippen LogP contribution in [0.15, 0.2) is 16.0 Å². The predicted molar refractivity (Wildman–Crippen MR) is 73.1 cm³/mol. The molecule has 0 saturated heterocycles. The summed E-state index contributed by atoms with van der Waals surface area (Å²) in [7, 11) is 0. The molecule has 19 heavy (non-hydrogen) atoms. The molecule has 2 unspecified atom stereocenters. The summed E-state index contributed by atoms with van der Waals surface area (Å²) in [6.07, 6.45) is 4.50. The monoisotopic (exact) mass is 283 g/mol. The molecule has 2 atom stereocenters. The Labute approximate surface area is 114 Å². The third-order valence-corrected chi connectivity index (χ3v) is 4.56. The number of hydrogen-bond acceptors (Lipinski definition) is 5. The maximum atomic E-state index is 11.3. The molecule has 6 nitrogen and oxygen atoms in total.